The van der Waals surface area contributed by atoms with Crippen molar-refractivity contribution in [2.24, 2.45) is 0 Å². The minimum Gasteiger partial charge on any atom is -0.465 e. The first-order valence-electron chi connectivity index (χ1n) is 7.35. The molecule has 0 saturated carbocycles. The fourth-order valence-electron chi connectivity index (χ4n) is 2.19. The van der Waals surface area contributed by atoms with Gasteiger partial charge in [0, 0.05) is 6.08 Å². The number of aromatic amines is 1. The predicted molar refractivity (Wildman–Crippen MR) is 88.3 cm³/mol. The maximum absolute atomic E-state index is 11.9. The van der Waals surface area contributed by atoms with Crippen molar-refractivity contribution >= 4 is 12.0 Å². The highest BCUT2D eigenvalue weighted by molar-refractivity contribution is 5.91. The van der Waals surface area contributed by atoms with Crippen molar-refractivity contribution in [3.8, 4) is 11.3 Å². The smallest absolute Gasteiger partial charge is 0.244 e. The average Bonchev–Trinajstić information content (AvgIpc) is 3.25. The van der Waals surface area contributed by atoms with E-state index in [0.717, 1.165) is 11.3 Å². The van der Waals surface area contributed by atoms with Gasteiger partial charge in [0.1, 0.15) is 11.6 Å². The third-order valence-corrected chi connectivity index (χ3v) is 3.39. The number of carbonyl (C=O) groups is 1. The summed E-state index contributed by atoms with van der Waals surface area (Å²) in [5.41, 5.74) is 1.98. The van der Waals surface area contributed by atoms with Crippen LogP contribution in [0.15, 0.2) is 65.4 Å². The van der Waals surface area contributed by atoms with Crippen LogP contribution in [0.3, 0.4) is 0 Å². The molecule has 0 saturated heterocycles. The molecule has 1 amide bonds. The molecule has 2 heterocycles. The largest absolute Gasteiger partial charge is 0.465 e. The molecule has 0 aliphatic carbocycles. The Kier molecular flexibility index (Phi) is 4.38. The minimum absolute atomic E-state index is 0.202. The second-order valence-electron chi connectivity index (χ2n) is 5.13. The van der Waals surface area contributed by atoms with Crippen LogP contribution in [0.2, 0.25) is 0 Å². The molecule has 0 aliphatic heterocycles. The zero-order valence-electron chi connectivity index (χ0n) is 12.7. The van der Waals surface area contributed by atoms with E-state index < -0.39 is 0 Å². The Balaban J connectivity index is 1.63. The molecular weight excluding hydrogens is 290 g/mol. The summed E-state index contributed by atoms with van der Waals surface area (Å²) in [6.07, 6.45) is 6.40. The van der Waals surface area contributed by atoms with E-state index in [0.29, 0.717) is 11.6 Å². The van der Waals surface area contributed by atoms with Gasteiger partial charge in [-0.1, -0.05) is 30.3 Å². The maximum Gasteiger partial charge on any atom is 0.244 e. The number of imidazole rings is 1. The van der Waals surface area contributed by atoms with Gasteiger partial charge in [0.2, 0.25) is 5.91 Å². The molecule has 0 spiro atoms. The molecule has 116 valence electrons. The van der Waals surface area contributed by atoms with Gasteiger partial charge in [0.15, 0.2) is 0 Å². The molecular formula is C18H17N3O2. The van der Waals surface area contributed by atoms with Gasteiger partial charge in [-0.05, 0) is 30.7 Å². The van der Waals surface area contributed by atoms with E-state index in [-0.39, 0.29) is 11.9 Å². The zero-order valence-corrected chi connectivity index (χ0v) is 12.7. The summed E-state index contributed by atoms with van der Waals surface area (Å²) in [4.78, 5) is 19.5. The van der Waals surface area contributed by atoms with Crippen molar-refractivity contribution < 1.29 is 9.21 Å². The molecule has 23 heavy (non-hydrogen) atoms. The van der Waals surface area contributed by atoms with Crippen LogP contribution in [0, 0.1) is 0 Å². The third-order valence-electron chi connectivity index (χ3n) is 3.39. The summed E-state index contributed by atoms with van der Waals surface area (Å²) < 4.78 is 5.14. The summed E-state index contributed by atoms with van der Waals surface area (Å²) in [6, 6.07) is 13.3. The summed E-state index contributed by atoms with van der Waals surface area (Å²) in [5, 5.41) is 2.86. The Morgan fingerprint density at radius 3 is 2.83 bits per heavy atom. The van der Waals surface area contributed by atoms with E-state index in [9.17, 15) is 4.79 Å². The summed E-state index contributed by atoms with van der Waals surface area (Å²) >= 11 is 0. The zero-order chi connectivity index (χ0) is 16.1. The quantitative estimate of drug-likeness (QED) is 0.708. The van der Waals surface area contributed by atoms with Crippen LogP contribution < -0.4 is 5.32 Å². The second kappa shape index (κ2) is 6.79. The molecule has 0 radical (unpaired) electrons. The van der Waals surface area contributed by atoms with Crippen molar-refractivity contribution in [1.29, 1.82) is 0 Å². The molecule has 2 N–H and O–H groups in total. The lowest BCUT2D eigenvalue weighted by molar-refractivity contribution is -0.117. The Morgan fingerprint density at radius 2 is 2.09 bits per heavy atom. The van der Waals surface area contributed by atoms with Gasteiger partial charge < -0.3 is 14.7 Å². The Hall–Kier alpha value is -3.08. The van der Waals surface area contributed by atoms with Gasteiger partial charge in [-0.3, -0.25) is 4.79 Å². The second-order valence-corrected chi connectivity index (χ2v) is 5.13. The molecule has 0 unspecified atom stereocenters. The topological polar surface area (TPSA) is 70.9 Å². The highest BCUT2D eigenvalue weighted by Gasteiger charge is 2.12. The number of carbonyl (C=O) groups excluding carboxylic acids is 1. The first kappa shape index (κ1) is 14.8. The Labute approximate surface area is 134 Å². The fourth-order valence-corrected chi connectivity index (χ4v) is 2.19. The number of furan rings is 1. The number of hydrogen-bond acceptors (Lipinski definition) is 3. The number of H-pyrrole nitrogens is 1. The van der Waals surface area contributed by atoms with Crippen molar-refractivity contribution in [1.82, 2.24) is 15.3 Å². The molecule has 2 aromatic heterocycles. The normalized spacial score (nSPS) is 12.4. The third kappa shape index (κ3) is 3.77. The first-order valence-corrected chi connectivity index (χ1v) is 7.35. The molecule has 1 atom stereocenters. The van der Waals surface area contributed by atoms with Gasteiger partial charge in [0.25, 0.3) is 0 Å². The maximum atomic E-state index is 11.9. The van der Waals surface area contributed by atoms with Crippen molar-refractivity contribution in [2.75, 3.05) is 0 Å². The van der Waals surface area contributed by atoms with Crippen LogP contribution in [0.5, 0.6) is 0 Å². The van der Waals surface area contributed by atoms with E-state index in [1.54, 1.807) is 30.7 Å². The Morgan fingerprint density at radius 1 is 1.26 bits per heavy atom. The summed E-state index contributed by atoms with van der Waals surface area (Å²) in [5.74, 6) is 1.15. The van der Waals surface area contributed by atoms with Crippen LogP contribution >= 0.6 is 0 Å². The lowest BCUT2D eigenvalue weighted by atomic mass is 10.2. The van der Waals surface area contributed by atoms with E-state index >= 15 is 0 Å². The molecule has 0 bridgehead atoms. The van der Waals surface area contributed by atoms with E-state index in [2.05, 4.69) is 15.3 Å². The molecule has 0 aliphatic rings. The SMILES string of the molecule is C[C@H](NC(=O)/C=C\c1ccco1)c1ncc(-c2ccccc2)[nH]1. The Bertz CT molecular complexity index is 789. The number of aromatic nitrogens is 2. The van der Waals surface area contributed by atoms with Gasteiger partial charge in [-0.2, -0.15) is 0 Å². The molecule has 1 aromatic carbocycles. The van der Waals surface area contributed by atoms with E-state index in [1.165, 1.54) is 6.08 Å². The lowest BCUT2D eigenvalue weighted by Gasteiger charge is -2.09. The molecule has 3 rings (SSSR count). The van der Waals surface area contributed by atoms with Gasteiger partial charge in [-0.15, -0.1) is 0 Å². The van der Waals surface area contributed by atoms with Crippen LogP contribution in [0.4, 0.5) is 0 Å². The molecule has 5 nitrogen and oxygen atoms in total. The van der Waals surface area contributed by atoms with Gasteiger partial charge >= 0.3 is 0 Å². The predicted octanol–water partition coefficient (Wildman–Crippen LogP) is 3.56. The molecule has 0 fully saturated rings. The monoisotopic (exact) mass is 307 g/mol. The molecule has 5 heteroatoms. The highest BCUT2D eigenvalue weighted by atomic mass is 16.3. The van der Waals surface area contributed by atoms with E-state index in [4.69, 9.17) is 4.42 Å². The van der Waals surface area contributed by atoms with Crippen LogP contribution in [-0.4, -0.2) is 15.9 Å². The number of benzene rings is 1. The lowest BCUT2D eigenvalue weighted by Crippen LogP contribution is -2.25. The standard InChI is InChI=1S/C18H17N3O2/c1-13(20-17(22)10-9-15-8-5-11-23-15)18-19-12-16(21-18)14-6-3-2-4-7-14/h2-13H,1H3,(H,19,21)(H,20,22)/b10-9-/t13-/m0/s1. The number of amides is 1. The van der Waals surface area contributed by atoms with Crippen LogP contribution in [-0.2, 0) is 4.79 Å². The van der Waals surface area contributed by atoms with Crippen molar-refractivity contribution in [2.45, 2.75) is 13.0 Å². The number of hydrogen-bond donors (Lipinski definition) is 2. The fraction of sp³-hybridized carbons (Fsp3) is 0.111. The van der Waals surface area contributed by atoms with Crippen molar-refractivity contribution in [3.63, 3.8) is 0 Å². The van der Waals surface area contributed by atoms with Crippen LogP contribution in [0.25, 0.3) is 17.3 Å². The van der Waals surface area contributed by atoms with Gasteiger partial charge in [0.05, 0.1) is 24.2 Å². The minimum atomic E-state index is -0.221. The highest BCUT2D eigenvalue weighted by Crippen LogP contribution is 2.18. The number of nitrogens with zero attached hydrogens (tertiary/aromatic N) is 1. The van der Waals surface area contributed by atoms with Gasteiger partial charge in [-0.25, -0.2) is 4.98 Å². The summed E-state index contributed by atoms with van der Waals surface area (Å²) in [6.45, 7) is 1.88. The van der Waals surface area contributed by atoms with Crippen LogP contribution in [0.1, 0.15) is 24.6 Å². The van der Waals surface area contributed by atoms with Crippen molar-refractivity contribution in [3.05, 3.63) is 72.6 Å². The summed E-state index contributed by atoms with van der Waals surface area (Å²) in [7, 11) is 0. The number of nitrogens with one attached hydrogen (secondary N) is 2. The molecule has 3 aromatic rings. The average molecular weight is 307 g/mol. The first-order chi connectivity index (χ1) is 11.2. The number of rotatable bonds is 5. The van der Waals surface area contributed by atoms with E-state index in [1.807, 2.05) is 37.3 Å².